The van der Waals surface area contributed by atoms with Crippen LogP contribution in [0.15, 0.2) is 17.6 Å². The maximum absolute atomic E-state index is 12.2. The van der Waals surface area contributed by atoms with E-state index in [-0.39, 0.29) is 23.2 Å². The molecule has 0 spiro atoms. The maximum Gasteiger partial charge on any atom is 0.254 e. The van der Waals surface area contributed by atoms with Crippen molar-refractivity contribution in [3.63, 3.8) is 0 Å². The molecule has 0 bridgehead atoms. The molecule has 2 atom stereocenters. The molecular weight excluding hydrogens is 214 g/mol. The quantitative estimate of drug-likeness (QED) is 0.666. The lowest BCUT2D eigenvalue weighted by Crippen LogP contribution is -2.32. The van der Waals surface area contributed by atoms with Crippen molar-refractivity contribution in [3.8, 4) is 0 Å². The van der Waals surface area contributed by atoms with Crippen LogP contribution in [0, 0.1) is 11.3 Å². The van der Waals surface area contributed by atoms with E-state index < -0.39 is 0 Å². The number of hydrogen-bond donors (Lipinski definition) is 0. The van der Waals surface area contributed by atoms with E-state index in [1.54, 1.807) is 0 Å². The van der Waals surface area contributed by atoms with Gasteiger partial charge in [0.1, 0.15) is 6.61 Å². The van der Waals surface area contributed by atoms with Crippen LogP contribution in [0.2, 0.25) is 0 Å². The van der Waals surface area contributed by atoms with Crippen molar-refractivity contribution in [2.45, 2.75) is 46.6 Å². The number of carbonyl (C=O) groups is 1. The van der Waals surface area contributed by atoms with Crippen LogP contribution >= 0.6 is 0 Å². The summed E-state index contributed by atoms with van der Waals surface area (Å²) >= 11 is 0. The van der Waals surface area contributed by atoms with E-state index in [0.29, 0.717) is 12.5 Å². The predicted octanol–water partition coefficient (Wildman–Crippen LogP) is 3.00. The number of allylic oxidation sites excluding steroid dienone is 1. The van der Waals surface area contributed by atoms with Crippen LogP contribution < -0.4 is 0 Å². The minimum Gasteiger partial charge on any atom is -0.473 e. The van der Waals surface area contributed by atoms with Gasteiger partial charge in [-0.3, -0.25) is 4.79 Å². The first-order valence-electron chi connectivity index (χ1n) is 6.30. The van der Waals surface area contributed by atoms with Crippen molar-refractivity contribution in [2.24, 2.45) is 16.3 Å². The molecular formula is C14H23NO2. The highest BCUT2D eigenvalue weighted by Crippen LogP contribution is 2.29. The van der Waals surface area contributed by atoms with Gasteiger partial charge in [-0.05, 0) is 11.8 Å². The lowest BCUT2D eigenvalue weighted by molar-refractivity contribution is -0.119. The van der Waals surface area contributed by atoms with E-state index in [1.807, 2.05) is 26.8 Å². The second-order valence-electron chi connectivity index (χ2n) is 5.30. The zero-order chi connectivity index (χ0) is 13.1. The first-order chi connectivity index (χ1) is 7.92. The lowest BCUT2D eigenvalue weighted by Gasteiger charge is -2.26. The summed E-state index contributed by atoms with van der Waals surface area (Å²) in [6, 6.07) is 0.165. The Labute approximate surface area is 104 Å². The standard InChI is InChI=1S/C14H23NO2/c1-6-8-11-9-17-13(15-11)12(16)10(3)14(4,5)7-2/h7,10-11H,2,6,8-9H2,1,3-5H3/t10-,11-/m0/s1. The SMILES string of the molecule is C=CC(C)(C)[C@@H](C)C(=O)C1=N[C@@H](CCC)CO1. The van der Waals surface area contributed by atoms with Gasteiger partial charge in [0.15, 0.2) is 0 Å². The average molecular weight is 237 g/mol. The molecule has 17 heavy (non-hydrogen) atoms. The fraction of sp³-hybridized carbons (Fsp3) is 0.714. The van der Waals surface area contributed by atoms with Gasteiger partial charge in [-0.1, -0.05) is 40.2 Å². The number of Topliss-reactive ketones (excluding diaryl/α,β-unsaturated/α-hetero) is 1. The van der Waals surface area contributed by atoms with Crippen LogP contribution in [0.3, 0.4) is 0 Å². The Hall–Kier alpha value is -1.12. The highest BCUT2D eigenvalue weighted by molar-refractivity contribution is 6.37. The zero-order valence-electron chi connectivity index (χ0n) is 11.3. The Kier molecular flexibility index (Phi) is 4.49. The molecule has 1 aliphatic rings. The largest absolute Gasteiger partial charge is 0.473 e. The molecule has 1 rings (SSSR count). The second kappa shape index (κ2) is 5.48. The van der Waals surface area contributed by atoms with E-state index in [4.69, 9.17) is 4.74 Å². The van der Waals surface area contributed by atoms with Gasteiger partial charge in [-0.25, -0.2) is 4.99 Å². The molecule has 0 aromatic heterocycles. The Morgan fingerprint density at radius 3 is 2.88 bits per heavy atom. The molecule has 3 heteroatoms. The topological polar surface area (TPSA) is 38.7 Å². The Morgan fingerprint density at radius 1 is 1.71 bits per heavy atom. The van der Waals surface area contributed by atoms with Gasteiger partial charge in [-0.2, -0.15) is 0 Å². The normalized spacial score (nSPS) is 21.6. The van der Waals surface area contributed by atoms with Crippen molar-refractivity contribution in [2.75, 3.05) is 6.61 Å². The van der Waals surface area contributed by atoms with Crippen molar-refractivity contribution in [1.29, 1.82) is 0 Å². The Balaban J connectivity index is 2.72. The van der Waals surface area contributed by atoms with E-state index in [1.165, 1.54) is 0 Å². The molecule has 0 aliphatic carbocycles. The van der Waals surface area contributed by atoms with Crippen LogP contribution in [0.5, 0.6) is 0 Å². The molecule has 0 N–H and O–H groups in total. The van der Waals surface area contributed by atoms with Crippen LogP contribution in [0.4, 0.5) is 0 Å². The Morgan fingerprint density at radius 2 is 2.35 bits per heavy atom. The molecule has 1 heterocycles. The smallest absolute Gasteiger partial charge is 0.254 e. The minimum absolute atomic E-state index is 0.00602. The highest BCUT2D eigenvalue weighted by Gasteiger charge is 2.34. The van der Waals surface area contributed by atoms with Crippen LogP contribution in [-0.4, -0.2) is 24.3 Å². The van der Waals surface area contributed by atoms with E-state index in [0.717, 1.165) is 12.8 Å². The molecule has 0 saturated carbocycles. The summed E-state index contributed by atoms with van der Waals surface area (Å²) in [5, 5.41) is 0. The van der Waals surface area contributed by atoms with Crippen LogP contribution in [0.25, 0.3) is 0 Å². The van der Waals surface area contributed by atoms with Gasteiger partial charge in [0.05, 0.1) is 6.04 Å². The van der Waals surface area contributed by atoms with Gasteiger partial charge >= 0.3 is 0 Å². The first kappa shape index (κ1) is 13.9. The summed E-state index contributed by atoms with van der Waals surface area (Å²) in [4.78, 5) is 16.6. The van der Waals surface area contributed by atoms with Crippen molar-refractivity contribution in [3.05, 3.63) is 12.7 Å². The summed E-state index contributed by atoms with van der Waals surface area (Å²) in [5.74, 6) is 0.151. The lowest BCUT2D eigenvalue weighted by atomic mass is 9.78. The predicted molar refractivity (Wildman–Crippen MR) is 70.2 cm³/mol. The summed E-state index contributed by atoms with van der Waals surface area (Å²) in [6.07, 6.45) is 3.86. The zero-order valence-corrected chi connectivity index (χ0v) is 11.3. The van der Waals surface area contributed by atoms with Gasteiger partial charge in [0.2, 0.25) is 5.78 Å². The third-order valence-electron chi connectivity index (χ3n) is 3.58. The summed E-state index contributed by atoms with van der Waals surface area (Å²) in [6.45, 7) is 12.3. The van der Waals surface area contributed by atoms with Gasteiger partial charge < -0.3 is 4.74 Å². The van der Waals surface area contributed by atoms with Crippen molar-refractivity contribution in [1.82, 2.24) is 0 Å². The molecule has 3 nitrogen and oxygen atoms in total. The molecule has 0 amide bonds. The number of nitrogens with zero attached hydrogens (tertiary/aromatic N) is 1. The number of ketones is 1. The molecule has 0 unspecified atom stereocenters. The summed E-state index contributed by atoms with van der Waals surface area (Å²) < 4.78 is 5.41. The van der Waals surface area contributed by atoms with E-state index in [9.17, 15) is 4.79 Å². The molecule has 96 valence electrons. The highest BCUT2D eigenvalue weighted by atomic mass is 16.5. The summed E-state index contributed by atoms with van der Waals surface area (Å²) in [5.41, 5.74) is -0.230. The third kappa shape index (κ3) is 3.18. The molecule has 0 saturated heterocycles. The number of carbonyl (C=O) groups excluding carboxylic acids is 1. The number of hydrogen-bond acceptors (Lipinski definition) is 3. The summed E-state index contributed by atoms with van der Waals surface area (Å²) in [7, 11) is 0. The maximum atomic E-state index is 12.2. The third-order valence-corrected chi connectivity index (χ3v) is 3.58. The molecule has 1 aliphatic heterocycles. The minimum atomic E-state index is -0.230. The molecule has 0 aromatic rings. The van der Waals surface area contributed by atoms with Crippen molar-refractivity contribution < 1.29 is 9.53 Å². The average Bonchev–Trinajstić information content (AvgIpc) is 2.76. The van der Waals surface area contributed by atoms with E-state index >= 15 is 0 Å². The number of ether oxygens (including phenoxy) is 1. The van der Waals surface area contributed by atoms with Crippen molar-refractivity contribution >= 4 is 11.7 Å². The molecule has 0 radical (unpaired) electrons. The van der Waals surface area contributed by atoms with Crippen LogP contribution in [0.1, 0.15) is 40.5 Å². The molecule has 0 fully saturated rings. The fourth-order valence-corrected chi connectivity index (χ4v) is 1.73. The molecule has 0 aromatic carbocycles. The monoisotopic (exact) mass is 237 g/mol. The second-order valence-corrected chi connectivity index (χ2v) is 5.30. The van der Waals surface area contributed by atoms with Crippen LogP contribution in [-0.2, 0) is 9.53 Å². The van der Waals surface area contributed by atoms with Gasteiger partial charge in [0, 0.05) is 5.92 Å². The van der Waals surface area contributed by atoms with Gasteiger partial charge in [-0.15, -0.1) is 6.58 Å². The number of rotatable bonds is 6. The van der Waals surface area contributed by atoms with Gasteiger partial charge in [0.25, 0.3) is 5.90 Å². The first-order valence-corrected chi connectivity index (χ1v) is 6.30. The van der Waals surface area contributed by atoms with E-state index in [2.05, 4.69) is 18.5 Å². The fourth-order valence-electron chi connectivity index (χ4n) is 1.73. The number of aliphatic imine (C=N–C) groups is 1. The Bertz CT molecular complexity index is 331.